The van der Waals surface area contributed by atoms with Crippen molar-refractivity contribution < 1.29 is 18.3 Å². The summed E-state index contributed by atoms with van der Waals surface area (Å²) in [5.74, 6) is 1.13. The van der Waals surface area contributed by atoms with Crippen LogP contribution in [-0.2, 0) is 0 Å². The van der Waals surface area contributed by atoms with Crippen molar-refractivity contribution in [1.82, 2.24) is 19.9 Å². The van der Waals surface area contributed by atoms with Gasteiger partial charge in [0.1, 0.15) is 17.2 Å². The number of aromatic nitrogens is 4. The van der Waals surface area contributed by atoms with Gasteiger partial charge < -0.3 is 15.0 Å². The fourth-order valence-corrected chi connectivity index (χ4v) is 3.29. The third-order valence-electron chi connectivity index (χ3n) is 4.41. The minimum Gasteiger partial charge on any atom is -0.377 e. The third kappa shape index (κ3) is 1.95. The molecule has 3 fully saturated rings. The third-order valence-corrected chi connectivity index (χ3v) is 4.41. The number of fused-ring (bicyclic) bond motifs is 2. The van der Waals surface area contributed by atoms with Gasteiger partial charge in [0.2, 0.25) is 6.10 Å². The van der Waals surface area contributed by atoms with E-state index in [1.165, 1.54) is 0 Å². The van der Waals surface area contributed by atoms with Crippen LogP contribution in [0.3, 0.4) is 0 Å². The van der Waals surface area contributed by atoms with Crippen LogP contribution in [0.2, 0.25) is 0 Å². The predicted molar refractivity (Wildman–Crippen MR) is 71.3 cm³/mol. The number of rotatable bonds is 2. The van der Waals surface area contributed by atoms with Crippen molar-refractivity contribution >= 4 is 17.0 Å². The van der Waals surface area contributed by atoms with Crippen molar-refractivity contribution in [3.05, 3.63) is 11.6 Å². The zero-order valence-electron chi connectivity index (χ0n) is 11.7. The summed E-state index contributed by atoms with van der Waals surface area (Å²) in [6.45, 7) is 2.53. The highest BCUT2D eigenvalue weighted by Gasteiger charge is 2.45. The Bertz CT molecular complexity index is 737. The lowest BCUT2D eigenvalue weighted by molar-refractivity contribution is -0.208. The molecule has 0 spiro atoms. The molecule has 2 saturated heterocycles. The Balaban J connectivity index is 1.81. The fraction of sp³-hybridized carbons (Fsp3) is 0.615. The molecular weight excluding hydrogens is 299 g/mol. The highest BCUT2D eigenvalue weighted by atomic mass is 19.4. The van der Waals surface area contributed by atoms with E-state index >= 15 is 0 Å². The second kappa shape index (κ2) is 4.31. The number of aliphatic hydroxyl groups is 1. The van der Waals surface area contributed by atoms with E-state index in [1.54, 1.807) is 6.92 Å². The molecule has 0 amide bonds. The molecule has 0 aromatic carbocycles. The highest BCUT2D eigenvalue weighted by Crippen LogP contribution is 2.44. The first-order valence-electron chi connectivity index (χ1n) is 7.08. The van der Waals surface area contributed by atoms with Crippen LogP contribution >= 0.6 is 0 Å². The monoisotopic (exact) mass is 313 g/mol. The molecule has 1 saturated carbocycles. The van der Waals surface area contributed by atoms with Gasteiger partial charge in [-0.25, -0.2) is 15.0 Å². The van der Waals surface area contributed by atoms with Gasteiger partial charge in [0.05, 0.1) is 0 Å². The molecule has 6 nitrogen and oxygen atoms in total. The van der Waals surface area contributed by atoms with Crippen LogP contribution in [0, 0.1) is 12.8 Å². The number of aryl methyl sites for hydroxylation is 1. The summed E-state index contributed by atoms with van der Waals surface area (Å²) in [5, 5.41) is 9.36. The van der Waals surface area contributed by atoms with Gasteiger partial charge in [-0.05, 0) is 25.7 Å². The Morgan fingerprint density at radius 1 is 1.27 bits per heavy atom. The van der Waals surface area contributed by atoms with E-state index in [4.69, 9.17) is 0 Å². The van der Waals surface area contributed by atoms with E-state index < -0.39 is 18.1 Å². The lowest BCUT2D eigenvalue weighted by Gasteiger charge is -2.26. The molecule has 118 valence electrons. The molecular formula is C13H14F3N5O. The second-order valence-corrected chi connectivity index (χ2v) is 6.00. The molecule has 1 unspecified atom stereocenters. The number of anilines is 1. The summed E-state index contributed by atoms with van der Waals surface area (Å²) in [7, 11) is 0. The van der Waals surface area contributed by atoms with Gasteiger partial charge >= 0.3 is 6.18 Å². The lowest BCUT2D eigenvalue weighted by atomic mass is 9.86. The molecule has 1 aliphatic carbocycles. The van der Waals surface area contributed by atoms with Crippen molar-refractivity contribution in [3.63, 3.8) is 0 Å². The van der Waals surface area contributed by atoms with E-state index in [-0.39, 0.29) is 5.65 Å². The van der Waals surface area contributed by atoms with Crippen LogP contribution in [-0.4, -0.2) is 43.8 Å². The molecule has 22 heavy (non-hydrogen) atoms. The summed E-state index contributed by atoms with van der Waals surface area (Å²) >= 11 is 0. The van der Waals surface area contributed by atoms with Crippen molar-refractivity contribution in [2.45, 2.75) is 38.1 Å². The van der Waals surface area contributed by atoms with E-state index in [0.29, 0.717) is 29.1 Å². The average molecular weight is 313 g/mol. The Kier molecular flexibility index (Phi) is 2.69. The van der Waals surface area contributed by atoms with Crippen molar-refractivity contribution in [3.8, 4) is 0 Å². The Morgan fingerprint density at radius 3 is 2.59 bits per heavy atom. The Morgan fingerprint density at radius 2 is 2.00 bits per heavy atom. The summed E-state index contributed by atoms with van der Waals surface area (Å²) in [5.41, 5.74) is 0.515. The normalized spacial score (nSPS) is 25.6. The smallest absolute Gasteiger partial charge is 0.377 e. The topological polar surface area (TPSA) is 77.9 Å². The summed E-state index contributed by atoms with van der Waals surface area (Å²) in [6.07, 6.45) is -5.23. The number of imidazole rings is 1. The van der Waals surface area contributed by atoms with E-state index in [1.807, 2.05) is 0 Å². The molecule has 2 aliphatic heterocycles. The number of nitrogens with one attached hydrogen (secondary N) is 1. The van der Waals surface area contributed by atoms with Crippen LogP contribution in [0.4, 0.5) is 19.0 Å². The molecule has 4 heterocycles. The molecule has 2 aromatic heterocycles. The summed E-state index contributed by atoms with van der Waals surface area (Å²) in [4.78, 5) is 16.9. The molecule has 5 rings (SSSR count). The fourth-order valence-electron chi connectivity index (χ4n) is 3.29. The number of hydrogen-bond donors (Lipinski definition) is 2. The number of aromatic amines is 1. The first-order chi connectivity index (χ1) is 10.3. The molecule has 2 aromatic rings. The van der Waals surface area contributed by atoms with Crippen LogP contribution in [0.1, 0.15) is 30.6 Å². The summed E-state index contributed by atoms with van der Waals surface area (Å²) < 4.78 is 38.0. The van der Waals surface area contributed by atoms with E-state index in [2.05, 4.69) is 24.8 Å². The first-order valence-corrected chi connectivity index (χ1v) is 7.08. The number of hydrogen-bond acceptors (Lipinski definition) is 5. The van der Waals surface area contributed by atoms with Gasteiger partial charge in [-0.2, -0.15) is 13.2 Å². The SMILES string of the molecule is Cc1nc(N2CC3CC2C3)c2[nH]c(C(O)C(F)(F)F)nc2n1. The summed E-state index contributed by atoms with van der Waals surface area (Å²) in [6, 6.07) is 0.391. The van der Waals surface area contributed by atoms with Crippen molar-refractivity contribution in [1.29, 1.82) is 0 Å². The second-order valence-electron chi connectivity index (χ2n) is 6.00. The van der Waals surface area contributed by atoms with Crippen molar-refractivity contribution in [2.75, 3.05) is 11.4 Å². The molecule has 9 heteroatoms. The quantitative estimate of drug-likeness (QED) is 0.885. The maximum atomic E-state index is 12.7. The average Bonchev–Trinajstić information content (AvgIpc) is 3.06. The van der Waals surface area contributed by atoms with Crippen LogP contribution < -0.4 is 4.90 Å². The number of alkyl halides is 3. The minimum atomic E-state index is -4.77. The Labute approximate surface area is 123 Å². The first kappa shape index (κ1) is 13.7. The molecule has 2 N–H and O–H groups in total. The zero-order chi connectivity index (χ0) is 15.6. The zero-order valence-corrected chi connectivity index (χ0v) is 11.7. The number of halogens is 3. The van der Waals surface area contributed by atoms with Crippen LogP contribution in [0.15, 0.2) is 0 Å². The molecule has 2 bridgehead atoms. The van der Waals surface area contributed by atoms with Gasteiger partial charge in [-0.1, -0.05) is 0 Å². The van der Waals surface area contributed by atoms with Gasteiger partial charge in [-0.15, -0.1) is 0 Å². The number of aliphatic hydroxyl groups excluding tert-OH is 1. The van der Waals surface area contributed by atoms with Crippen LogP contribution in [0.5, 0.6) is 0 Å². The molecule has 3 aliphatic rings. The van der Waals surface area contributed by atoms with Gasteiger partial charge in [0, 0.05) is 12.6 Å². The molecule has 1 atom stereocenters. The van der Waals surface area contributed by atoms with Gasteiger partial charge in [0.15, 0.2) is 11.5 Å². The Hall–Kier alpha value is -1.90. The number of nitrogens with zero attached hydrogens (tertiary/aromatic N) is 4. The predicted octanol–water partition coefficient (Wildman–Crippen LogP) is 1.86. The van der Waals surface area contributed by atoms with E-state index in [9.17, 15) is 18.3 Å². The largest absolute Gasteiger partial charge is 0.421 e. The maximum absolute atomic E-state index is 12.7. The minimum absolute atomic E-state index is 0.157. The standard InChI is InChI=1S/C13H14F3N5O/c1-5-17-10-8(19-11(20-10)9(22)13(14,15)16)12(18-5)21-4-6-2-7(21)3-6/h6-7,9,22H,2-4H2,1H3,(H,17,18,19,20). The van der Waals surface area contributed by atoms with Gasteiger partial charge in [0.25, 0.3) is 0 Å². The highest BCUT2D eigenvalue weighted by molar-refractivity contribution is 5.84. The number of H-pyrrole nitrogens is 1. The molecule has 0 radical (unpaired) electrons. The maximum Gasteiger partial charge on any atom is 0.421 e. The lowest BCUT2D eigenvalue weighted by Crippen LogP contribution is -2.29. The van der Waals surface area contributed by atoms with Crippen molar-refractivity contribution in [2.24, 2.45) is 5.92 Å². The van der Waals surface area contributed by atoms with E-state index in [0.717, 1.165) is 19.4 Å². The van der Waals surface area contributed by atoms with Gasteiger partial charge in [-0.3, -0.25) is 0 Å². The van der Waals surface area contributed by atoms with Crippen LogP contribution in [0.25, 0.3) is 11.2 Å².